The fourth-order valence-electron chi connectivity index (χ4n) is 0.846. The van der Waals surface area contributed by atoms with E-state index in [1.54, 1.807) is 13.0 Å². The summed E-state index contributed by atoms with van der Waals surface area (Å²) in [4.78, 5) is 13.0. The summed E-state index contributed by atoms with van der Waals surface area (Å²) in [6, 6.07) is 3.29. The molecule has 0 spiro atoms. The topological polar surface area (TPSA) is 76.9 Å². The fourth-order valence-corrected chi connectivity index (χ4v) is 0.846. The van der Waals surface area contributed by atoms with Gasteiger partial charge in [0.1, 0.15) is 11.8 Å². The highest BCUT2D eigenvalue weighted by Crippen LogP contribution is 2.08. The Hall–Kier alpha value is -1.76. The van der Waals surface area contributed by atoms with Crippen LogP contribution in [0.15, 0.2) is 6.07 Å². The average Bonchev–Trinajstić information content (AvgIpc) is 2.30. The molecule has 4 nitrogen and oxygen atoms in total. The molecule has 4 heteroatoms. The largest absolute Gasteiger partial charge is 0.477 e. The lowest BCUT2D eigenvalue weighted by Gasteiger charge is -1.86. The summed E-state index contributed by atoms with van der Waals surface area (Å²) in [6.07, 6.45) is 0. The van der Waals surface area contributed by atoms with Crippen molar-refractivity contribution in [1.29, 1.82) is 5.26 Å². The molecule has 0 atom stereocenters. The molecule has 56 valence electrons. The third-order valence-corrected chi connectivity index (χ3v) is 1.29. The highest BCUT2D eigenvalue weighted by Gasteiger charge is 2.11. The van der Waals surface area contributed by atoms with Crippen molar-refractivity contribution in [2.24, 2.45) is 0 Å². The van der Waals surface area contributed by atoms with E-state index in [0.717, 1.165) is 0 Å². The second-order valence-corrected chi connectivity index (χ2v) is 2.16. The third-order valence-electron chi connectivity index (χ3n) is 1.29. The second-order valence-electron chi connectivity index (χ2n) is 2.16. The Labute approximate surface area is 63.1 Å². The average molecular weight is 150 g/mol. The van der Waals surface area contributed by atoms with Gasteiger partial charge in [-0.1, -0.05) is 0 Å². The minimum absolute atomic E-state index is 0.0370. The Kier molecular flexibility index (Phi) is 1.65. The van der Waals surface area contributed by atoms with Crippen molar-refractivity contribution in [1.82, 2.24) is 4.98 Å². The maximum absolute atomic E-state index is 10.4. The zero-order valence-electron chi connectivity index (χ0n) is 5.88. The SMILES string of the molecule is Cc1cc(C#N)c(C(=O)O)[nH]1. The van der Waals surface area contributed by atoms with Crippen molar-refractivity contribution in [3.63, 3.8) is 0 Å². The number of aryl methyl sites for hydroxylation is 1. The van der Waals surface area contributed by atoms with Crippen LogP contribution in [-0.4, -0.2) is 16.1 Å². The summed E-state index contributed by atoms with van der Waals surface area (Å²) in [6.45, 7) is 1.70. The fraction of sp³-hybridized carbons (Fsp3) is 0.143. The number of hydrogen-bond donors (Lipinski definition) is 2. The first-order chi connectivity index (χ1) is 5.15. The van der Waals surface area contributed by atoms with Crippen LogP contribution in [0.2, 0.25) is 0 Å². The Morgan fingerprint density at radius 2 is 2.45 bits per heavy atom. The molecule has 0 aliphatic rings. The van der Waals surface area contributed by atoms with Crippen LogP contribution in [0.4, 0.5) is 0 Å². The monoisotopic (exact) mass is 150 g/mol. The molecule has 1 aromatic heterocycles. The first-order valence-electron chi connectivity index (χ1n) is 2.98. The molecular formula is C7H6N2O2. The van der Waals surface area contributed by atoms with Gasteiger partial charge < -0.3 is 10.1 Å². The van der Waals surface area contributed by atoms with Gasteiger partial charge in [-0.15, -0.1) is 0 Å². The summed E-state index contributed by atoms with van der Waals surface area (Å²) >= 11 is 0. The molecule has 0 radical (unpaired) electrons. The molecule has 0 amide bonds. The number of nitrogens with one attached hydrogen (secondary N) is 1. The summed E-state index contributed by atoms with van der Waals surface area (Å²) in [5.41, 5.74) is 0.818. The van der Waals surface area contributed by atoms with Crippen molar-refractivity contribution >= 4 is 5.97 Å². The van der Waals surface area contributed by atoms with Gasteiger partial charge in [-0.25, -0.2) is 4.79 Å². The molecule has 0 aliphatic carbocycles. The number of carboxylic acids is 1. The van der Waals surface area contributed by atoms with E-state index in [9.17, 15) is 4.79 Å². The zero-order valence-corrected chi connectivity index (χ0v) is 5.88. The lowest BCUT2D eigenvalue weighted by molar-refractivity contribution is 0.0691. The number of nitrogens with zero attached hydrogens (tertiary/aromatic N) is 1. The Bertz CT molecular complexity index is 333. The van der Waals surface area contributed by atoms with E-state index in [4.69, 9.17) is 10.4 Å². The number of rotatable bonds is 1. The second kappa shape index (κ2) is 2.46. The Morgan fingerprint density at radius 3 is 2.82 bits per heavy atom. The van der Waals surface area contributed by atoms with E-state index in [2.05, 4.69) is 4.98 Å². The van der Waals surface area contributed by atoms with Crippen LogP contribution in [0.1, 0.15) is 21.7 Å². The molecule has 0 aromatic carbocycles. The van der Waals surface area contributed by atoms with Gasteiger partial charge in [0, 0.05) is 5.69 Å². The van der Waals surface area contributed by atoms with Gasteiger partial charge in [-0.05, 0) is 13.0 Å². The Morgan fingerprint density at radius 1 is 1.82 bits per heavy atom. The summed E-state index contributed by atoms with van der Waals surface area (Å²) in [7, 11) is 0. The number of carboxylic acid groups (broad SMARTS) is 1. The maximum atomic E-state index is 10.4. The minimum atomic E-state index is -1.10. The molecular weight excluding hydrogens is 144 g/mol. The summed E-state index contributed by atoms with van der Waals surface area (Å²) < 4.78 is 0. The molecule has 0 unspecified atom stereocenters. The molecule has 0 fully saturated rings. The van der Waals surface area contributed by atoms with Gasteiger partial charge in [0.25, 0.3) is 0 Å². The molecule has 0 bridgehead atoms. The Balaban J connectivity index is 3.26. The smallest absolute Gasteiger partial charge is 0.353 e. The molecule has 1 heterocycles. The van der Waals surface area contributed by atoms with Crippen molar-refractivity contribution in [2.75, 3.05) is 0 Å². The molecule has 1 aromatic rings. The number of carbonyl (C=O) groups is 1. The molecule has 11 heavy (non-hydrogen) atoms. The van der Waals surface area contributed by atoms with Gasteiger partial charge >= 0.3 is 5.97 Å². The zero-order chi connectivity index (χ0) is 8.43. The highest BCUT2D eigenvalue weighted by molar-refractivity contribution is 5.88. The van der Waals surface area contributed by atoms with Crippen LogP contribution in [-0.2, 0) is 0 Å². The molecule has 2 N–H and O–H groups in total. The quantitative estimate of drug-likeness (QED) is 0.624. The van der Waals surface area contributed by atoms with Gasteiger partial charge in [-0.3, -0.25) is 0 Å². The van der Waals surface area contributed by atoms with E-state index in [-0.39, 0.29) is 11.3 Å². The lowest BCUT2D eigenvalue weighted by atomic mass is 10.2. The van der Waals surface area contributed by atoms with E-state index in [0.29, 0.717) is 5.69 Å². The third kappa shape index (κ3) is 1.22. The van der Waals surface area contributed by atoms with Crippen LogP contribution in [0.25, 0.3) is 0 Å². The highest BCUT2D eigenvalue weighted by atomic mass is 16.4. The predicted octanol–water partition coefficient (Wildman–Crippen LogP) is 0.893. The first-order valence-corrected chi connectivity index (χ1v) is 2.98. The van der Waals surface area contributed by atoms with Crippen molar-refractivity contribution in [2.45, 2.75) is 6.92 Å². The van der Waals surface area contributed by atoms with Gasteiger partial charge in [0.05, 0.1) is 5.56 Å². The number of aromatic amines is 1. The number of hydrogen-bond acceptors (Lipinski definition) is 2. The van der Waals surface area contributed by atoms with E-state index in [1.165, 1.54) is 6.07 Å². The molecule has 0 aliphatic heterocycles. The summed E-state index contributed by atoms with van der Waals surface area (Å²) in [5, 5.41) is 17.0. The van der Waals surface area contributed by atoms with Gasteiger partial charge in [-0.2, -0.15) is 5.26 Å². The standard InChI is InChI=1S/C7H6N2O2/c1-4-2-5(3-8)6(9-4)7(10)11/h2,9H,1H3,(H,10,11). The van der Waals surface area contributed by atoms with Crippen molar-refractivity contribution < 1.29 is 9.90 Å². The number of H-pyrrole nitrogens is 1. The van der Waals surface area contributed by atoms with Crippen LogP contribution in [0, 0.1) is 18.3 Å². The van der Waals surface area contributed by atoms with Gasteiger partial charge in [0.2, 0.25) is 0 Å². The van der Waals surface area contributed by atoms with Gasteiger partial charge in [0.15, 0.2) is 0 Å². The van der Waals surface area contributed by atoms with Crippen LogP contribution >= 0.6 is 0 Å². The summed E-state index contributed by atoms with van der Waals surface area (Å²) in [5.74, 6) is -1.10. The minimum Gasteiger partial charge on any atom is -0.477 e. The number of aromatic carboxylic acids is 1. The maximum Gasteiger partial charge on any atom is 0.353 e. The normalized spacial score (nSPS) is 9.09. The van der Waals surface area contributed by atoms with Crippen LogP contribution in [0.5, 0.6) is 0 Å². The van der Waals surface area contributed by atoms with Crippen molar-refractivity contribution in [3.05, 3.63) is 23.0 Å². The number of nitriles is 1. The number of aromatic nitrogens is 1. The lowest BCUT2D eigenvalue weighted by Crippen LogP contribution is -1.98. The molecule has 0 saturated carbocycles. The van der Waals surface area contributed by atoms with Crippen molar-refractivity contribution in [3.8, 4) is 6.07 Å². The predicted molar refractivity (Wildman–Crippen MR) is 37.2 cm³/mol. The molecule has 1 rings (SSSR count). The van der Waals surface area contributed by atoms with Crippen LogP contribution < -0.4 is 0 Å². The van der Waals surface area contributed by atoms with E-state index < -0.39 is 5.97 Å². The van der Waals surface area contributed by atoms with E-state index in [1.807, 2.05) is 0 Å². The molecule has 0 saturated heterocycles. The first kappa shape index (κ1) is 7.35. The van der Waals surface area contributed by atoms with Crippen LogP contribution in [0.3, 0.4) is 0 Å². The van der Waals surface area contributed by atoms with E-state index >= 15 is 0 Å².